The highest BCUT2D eigenvalue weighted by Crippen LogP contribution is 2.44. The molecule has 5 rings (SSSR count). The number of aliphatic hydroxyl groups excluding tert-OH is 1. The van der Waals surface area contributed by atoms with Gasteiger partial charge in [-0.3, -0.25) is 14.5 Å². The van der Waals surface area contributed by atoms with Crippen molar-refractivity contribution in [3.63, 3.8) is 0 Å². The number of carbonyl (C=O) groups is 2. The van der Waals surface area contributed by atoms with E-state index in [4.69, 9.17) is 13.6 Å². The number of aliphatic hydroxyl groups is 1. The minimum absolute atomic E-state index is 0.0124. The van der Waals surface area contributed by atoms with Gasteiger partial charge in [-0.05, 0) is 49.4 Å². The molecule has 0 fully saturated rings. The molecule has 0 saturated carbocycles. The van der Waals surface area contributed by atoms with Crippen LogP contribution in [0, 0.1) is 0 Å². The molecule has 1 amide bonds. The van der Waals surface area contributed by atoms with Crippen molar-refractivity contribution in [2.45, 2.75) is 13.0 Å². The number of ether oxygens (including phenoxy) is 1. The molecule has 1 aliphatic heterocycles. The highest BCUT2D eigenvalue weighted by Gasteiger charge is 2.47. The second-order valence-corrected chi connectivity index (χ2v) is 7.73. The molecule has 1 atom stereocenters. The zero-order valence-electron chi connectivity index (χ0n) is 16.3. The first-order chi connectivity index (χ1) is 15.1. The number of hydrogen-bond donors (Lipinski definition) is 1. The molecule has 0 radical (unpaired) electrons. The first-order valence-corrected chi connectivity index (χ1v) is 10.3. The number of furan rings is 2. The number of hydrogen-bond acceptors (Lipinski definition) is 8. The molecule has 0 bridgehead atoms. The highest BCUT2D eigenvalue weighted by molar-refractivity contribution is 7.22. The quantitative estimate of drug-likeness (QED) is 0.438. The van der Waals surface area contributed by atoms with Crippen LogP contribution in [0.4, 0.5) is 5.13 Å². The number of carbonyl (C=O) groups excluding carboxylic acids is 2. The summed E-state index contributed by atoms with van der Waals surface area (Å²) < 4.78 is 17.1. The molecule has 0 saturated heterocycles. The predicted octanol–water partition coefficient (Wildman–Crippen LogP) is 4.66. The maximum Gasteiger partial charge on any atom is 0.296 e. The molecular formula is C22H16N2O6S. The molecule has 4 aromatic rings. The van der Waals surface area contributed by atoms with Crippen molar-refractivity contribution in [3.05, 3.63) is 77.8 Å². The number of fused-ring (bicyclic) bond motifs is 1. The van der Waals surface area contributed by atoms with Crippen molar-refractivity contribution in [2.24, 2.45) is 0 Å². The van der Waals surface area contributed by atoms with Gasteiger partial charge in [-0.2, -0.15) is 0 Å². The molecule has 0 aliphatic carbocycles. The molecule has 31 heavy (non-hydrogen) atoms. The number of aromatic nitrogens is 1. The lowest BCUT2D eigenvalue weighted by Gasteiger charge is -2.21. The topological polar surface area (TPSA) is 106 Å². The monoisotopic (exact) mass is 436 g/mol. The summed E-state index contributed by atoms with van der Waals surface area (Å²) in [5.74, 6) is -0.966. The first kappa shape index (κ1) is 19.1. The molecule has 0 unspecified atom stereocenters. The summed E-state index contributed by atoms with van der Waals surface area (Å²) in [5, 5.41) is 11.0. The Labute approximate surface area is 180 Å². The van der Waals surface area contributed by atoms with Crippen molar-refractivity contribution in [3.8, 4) is 5.75 Å². The first-order valence-electron chi connectivity index (χ1n) is 9.50. The molecule has 4 heterocycles. The molecule has 9 heteroatoms. The van der Waals surface area contributed by atoms with Crippen molar-refractivity contribution < 1.29 is 28.3 Å². The Morgan fingerprint density at radius 1 is 1.23 bits per heavy atom. The second kappa shape index (κ2) is 7.44. The van der Waals surface area contributed by atoms with E-state index in [-0.39, 0.29) is 11.3 Å². The van der Waals surface area contributed by atoms with E-state index in [1.54, 1.807) is 30.3 Å². The van der Waals surface area contributed by atoms with E-state index in [1.807, 2.05) is 13.0 Å². The van der Waals surface area contributed by atoms with Crippen LogP contribution in [0.25, 0.3) is 10.2 Å². The van der Waals surface area contributed by atoms with Gasteiger partial charge in [-0.1, -0.05) is 11.3 Å². The third-order valence-electron chi connectivity index (χ3n) is 4.88. The summed E-state index contributed by atoms with van der Waals surface area (Å²) >= 11 is 1.25. The van der Waals surface area contributed by atoms with E-state index < -0.39 is 23.5 Å². The third kappa shape index (κ3) is 3.10. The Balaban J connectivity index is 1.62. The molecule has 156 valence electrons. The van der Waals surface area contributed by atoms with Crippen LogP contribution >= 0.6 is 11.3 Å². The van der Waals surface area contributed by atoms with Gasteiger partial charge in [0.25, 0.3) is 5.91 Å². The van der Waals surface area contributed by atoms with E-state index >= 15 is 0 Å². The summed E-state index contributed by atoms with van der Waals surface area (Å²) in [6.07, 6.45) is 2.79. The number of benzene rings is 1. The van der Waals surface area contributed by atoms with Gasteiger partial charge in [0, 0.05) is 0 Å². The Morgan fingerprint density at radius 3 is 2.74 bits per heavy atom. The van der Waals surface area contributed by atoms with Crippen LogP contribution in [-0.2, 0) is 4.79 Å². The minimum Gasteiger partial charge on any atom is -0.503 e. The van der Waals surface area contributed by atoms with Crippen LogP contribution in [0.15, 0.2) is 75.2 Å². The number of anilines is 1. The van der Waals surface area contributed by atoms with Gasteiger partial charge in [0.15, 0.2) is 16.7 Å². The largest absolute Gasteiger partial charge is 0.503 e. The van der Waals surface area contributed by atoms with Gasteiger partial charge >= 0.3 is 0 Å². The SMILES string of the molecule is CCOc1ccc2nc(N3C(=O)C(O)=C(C(=O)c4ccco4)[C@H]3c3ccco3)sc2c1. The third-order valence-corrected chi connectivity index (χ3v) is 5.89. The molecule has 0 spiro atoms. The van der Waals surface area contributed by atoms with Crippen LogP contribution < -0.4 is 9.64 Å². The maximum absolute atomic E-state index is 13.1. The Kier molecular flexibility index (Phi) is 4.59. The number of thiazole rings is 1. The minimum atomic E-state index is -0.980. The lowest BCUT2D eigenvalue weighted by Crippen LogP contribution is -2.30. The van der Waals surface area contributed by atoms with Gasteiger partial charge in [-0.25, -0.2) is 4.98 Å². The molecule has 1 aromatic carbocycles. The fourth-order valence-electron chi connectivity index (χ4n) is 3.54. The highest BCUT2D eigenvalue weighted by atomic mass is 32.1. The van der Waals surface area contributed by atoms with E-state index in [9.17, 15) is 14.7 Å². The summed E-state index contributed by atoms with van der Waals surface area (Å²) in [6.45, 7) is 2.42. The molecule has 1 aliphatic rings. The van der Waals surface area contributed by atoms with Crippen molar-refractivity contribution in [2.75, 3.05) is 11.5 Å². The van der Waals surface area contributed by atoms with E-state index in [1.165, 1.54) is 34.8 Å². The van der Waals surface area contributed by atoms with Gasteiger partial charge in [0.2, 0.25) is 5.78 Å². The number of ketones is 1. The molecule has 8 nitrogen and oxygen atoms in total. The van der Waals surface area contributed by atoms with Crippen LogP contribution in [0.5, 0.6) is 5.75 Å². The summed E-state index contributed by atoms with van der Waals surface area (Å²) in [5.41, 5.74) is 0.545. The summed E-state index contributed by atoms with van der Waals surface area (Å²) in [4.78, 5) is 32.0. The molecule has 1 N–H and O–H groups in total. The van der Waals surface area contributed by atoms with Crippen LogP contribution in [0.1, 0.15) is 29.3 Å². The Bertz CT molecular complexity index is 1300. The van der Waals surface area contributed by atoms with E-state index in [0.717, 1.165) is 4.70 Å². The van der Waals surface area contributed by atoms with Crippen LogP contribution in [-0.4, -0.2) is 28.4 Å². The molecular weight excluding hydrogens is 420 g/mol. The van der Waals surface area contributed by atoms with E-state index in [0.29, 0.717) is 28.8 Å². The predicted molar refractivity (Wildman–Crippen MR) is 112 cm³/mol. The lowest BCUT2D eigenvalue weighted by molar-refractivity contribution is -0.117. The van der Waals surface area contributed by atoms with Crippen molar-refractivity contribution >= 4 is 38.4 Å². The van der Waals surface area contributed by atoms with Gasteiger partial charge < -0.3 is 18.7 Å². The number of nitrogens with zero attached hydrogens (tertiary/aromatic N) is 2. The number of rotatable bonds is 6. The average molecular weight is 436 g/mol. The van der Waals surface area contributed by atoms with Gasteiger partial charge in [0.05, 0.1) is 34.9 Å². The Hall–Kier alpha value is -3.85. The van der Waals surface area contributed by atoms with Crippen LogP contribution in [0.3, 0.4) is 0 Å². The Morgan fingerprint density at radius 2 is 2.03 bits per heavy atom. The van der Waals surface area contributed by atoms with Crippen molar-refractivity contribution in [1.29, 1.82) is 0 Å². The summed E-state index contributed by atoms with van der Waals surface area (Å²) in [7, 11) is 0. The summed E-state index contributed by atoms with van der Waals surface area (Å²) in [6, 6.07) is 10.8. The van der Waals surface area contributed by atoms with Crippen LogP contribution in [0.2, 0.25) is 0 Å². The second-order valence-electron chi connectivity index (χ2n) is 6.72. The smallest absolute Gasteiger partial charge is 0.296 e. The fraction of sp³-hybridized carbons (Fsp3) is 0.136. The van der Waals surface area contributed by atoms with E-state index in [2.05, 4.69) is 4.98 Å². The van der Waals surface area contributed by atoms with Gasteiger partial charge in [0.1, 0.15) is 17.6 Å². The number of amides is 1. The average Bonchev–Trinajstić information content (AvgIpc) is 3.55. The zero-order valence-corrected chi connectivity index (χ0v) is 17.1. The standard InChI is InChI=1S/C22H16N2O6S/c1-2-28-12-7-8-13-16(11-12)31-22(23-13)24-18(14-5-3-9-29-14)17(20(26)21(24)27)19(25)15-6-4-10-30-15/h3-11,18,26H,2H2,1H3/t18-/m1/s1. The zero-order chi connectivity index (χ0) is 21.5. The maximum atomic E-state index is 13.1. The fourth-order valence-corrected chi connectivity index (χ4v) is 4.56. The number of Topliss-reactive ketones (excluding diaryl/α,β-unsaturated/α-hetero) is 1. The normalized spacial score (nSPS) is 16.5. The van der Waals surface area contributed by atoms with Gasteiger partial charge in [-0.15, -0.1) is 0 Å². The van der Waals surface area contributed by atoms with Crippen molar-refractivity contribution in [1.82, 2.24) is 4.98 Å². The molecule has 3 aromatic heterocycles. The lowest BCUT2D eigenvalue weighted by atomic mass is 10.00.